The minimum Gasteiger partial charge on any atom is -0.465 e. The number of aromatic nitrogens is 2. The maximum absolute atomic E-state index is 14.6. The fraction of sp³-hybridized carbons (Fsp3) is 0.368. The molecule has 0 bridgehead atoms. The zero-order valence-electron chi connectivity index (χ0n) is 29.5. The fourth-order valence-corrected chi connectivity index (χ4v) is 7.53. The van der Waals surface area contributed by atoms with Crippen molar-refractivity contribution in [3.63, 3.8) is 0 Å². The summed E-state index contributed by atoms with van der Waals surface area (Å²) < 4.78 is 36.1. The van der Waals surface area contributed by atoms with Gasteiger partial charge in [-0.2, -0.15) is 5.10 Å². The average molecular weight is 716 g/mol. The van der Waals surface area contributed by atoms with E-state index in [9.17, 15) is 27.9 Å². The summed E-state index contributed by atoms with van der Waals surface area (Å²) in [4.78, 5) is 43.8. The summed E-state index contributed by atoms with van der Waals surface area (Å²) in [5.41, 5.74) is 3.17. The number of benzene rings is 3. The van der Waals surface area contributed by atoms with Gasteiger partial charge in [-0.05, 0) is 73.7 Å². The molecule has 51 heavy (non-hydrogen) atoms. The zero-order valence-corrected chi connectivity index (χ0v) is 30.3. The van der Waals surface area contributed by atoms with Gasteiger partial charge in [0.1, 0.15) is 4.90 Å². The van der Waals surface area contributed by atoms with Crippen LogP contribution in [0.4, 0.5) is 5.69 Å². The summed E-state index contributed by atoms with van der Waals surface area (Å²) in [7, 11) is -3.16. The van der Waals surface area contributed by atoms with Crippen LogP contribution in [0.5, 0.6) is 0 Å². The number of aryl methyl sites for hydroxylation is 1. The second-order valence-corrected chi connectivity index (χ2v) is 14.3. The lowest BCUT2D eigenvalue weighted by atomic mass is 9.93. The Morgan fingerprint density at radius 1 is 0.941 bits per heavy atom. The molecule has 0 unspecified atom stereocenters. The van der Waals surface area contributed by atoms with Crippen molar-refractivity contribution in [1.29, 1.82) is 0 Å². The van der Waals surface area contributed by atoms with Gasteiger partial charge < -0.3 is 19.6 Å². The Morgan fingerprint density at radius 3 is 2.27 bits per heavy atom. The van der Waals surface area contributed by atoms with Gasteiger partial charge in [0, 0.05) is 31.0 Å². The quantitative estimate of drug-likeness (QED) is 0.166. The molecule has 0 radical (unpaired) electrons. The molecule has 1 aliphatic rings. The van der Waals surface area contributed by atoms with Crippen molar-refractivity contribution in [1.82, 2.24) is 19.6 Å². The summed E-state index contributed by atoms with van der Waals surface area (Å²) in [6.45, 7) is 7.10. The van der Waals surface area contributed by atoms with Crippen molar-refractivity contribution in [3.05, 3.63) is 106 Å². The topological polar surface area (TPSA) is 151 Å². The number of anilines is 1. The van der Waals surface area contributed by atoms with Crippen molar-refractivity contribution in [2.45, 2.75) is 70.4 Å². The maximum Gasteiger partial charge on any atom is 0.339 e. The molecule has 1 aromatic heterocycles. The number of amides is 2. The number of esters is 1. The van der Waals surface area contributed by atoms with Crippen molar-refractivity contribution in [3.8, 4) is 5.69 Å². The Hall–Kier alpha value is -5.01. The lowest BCUT2D eigenvalue weighted by molar-refractivity contribution is 0.0543. The van der Waals surface area contributed by atoms with Gasteiger partial charge >= 0.3 is 5.97 Å². The van der Waals surface area contributed by atoms with Gasteiger partial charge in [0.25, 0.3) is 21.8 Å². The Kier molecular flexibility index (Phi) is 11.9. The van der Waals surface area contributed by atoms with Crippen molar-refractivity contribution in [2.75, 3.05) is 31.5 Å². The highest BCUT2D eigenvalue weighted by molar-refractivity contribution is 7.92. The van der Waals surface area contributed by atoms with Crippen LogP contribution in [0.2, 0.25) is 0 Å². The van der Waals surface area contributed by atoms with Gasteiger partial charge in [0.2, 0.25) is 0 Å². The molecule has 0 spiro atoms. The lowest BCUT2D eigenvalue weighted by Gasteiger charge is -2.36. The first-order chi connectivity index (χ1) is 24.5. The number of sulfonamides is 1. The van der Waals surface area contributed by atoms with E-state index in [1.54, 1.807) is 24.0 Å². The molecular weight excluding hydrogens is 671 g/mol. The van der Waals surface area contributed by atoms with E-state index in [0.717, 1.165) is 36.8 Å². The zero-order chi connectivity index (χ0) is 36.7. The summed E-state index contributed by atoms with van der Waals surface area (Å²) in [6.07, 6.45) is 4.04. The molecular formula is C38H45N5O7S. The number of hydrogen-bond acceptors (Lipinski definition) is 8. The number of methoxy groups -OCH3 is 1. The largest absolute Gasteiger partial charge is 0.465 e. The molecule has 2 heterocycles. The first-order valence-electron chi connectivity index (χ1n) is 17.2. The second-order valence-electron chi connectivity index (χ2n) is 12.6. The SMILES string of the molecule is CCCCN(CCCC)C(=O)c1cc(C)n(-c2ccc(NS(=O)(=O)c3ccccc3C(=O)OC)cc2C(=O)N2Cc3ccccc3C[C@H]2CO)n1. The van der Waals surface area contributed by atoms with Gasteiger partial charge in [0.05, 0.1) is 36.6 Å². The second kappa shape index (κ2) is 16.3. The Bertz CT molecular complexity index is 2000. The first kappa shape index (κ1) is 37.3. The van der Waals surface area contributed by atoms with Crippen molar-refractivity contribution >= 4 is 33.5 Å². The van der Waals surface area contributed by atoms with Crippen LogP contribution in [0.15, 0.2) is 77.7 Å². The predicted octanol–water partition coefficient (Wildman–Crippen LogP) is 5.37. The lowest BCUT2D eigenvalue weighted by Crippen LogP contribution is -2.46. The van der Waals surface area contributed by atoms with E-state index < -0.39 is 27.9 Å². The molecule has 0 saturated carbocycles. The molecule has 270 valence electrons. The summed E-state index contributed by atoms with van der Waals surface area (Å²) in [5, 5.41) is 15.1. The minimum absolute atomic E-state index is 0.0612. The standard InChI is InChI=1S/C38H45N5O7S/c1-5-7-19-41(20-8-6-2)37(46)33-21-26(3)43(39-33)34-18-17-29(40-51(48,49)35-16-12-11-15-31(35)38(47)50-4)23-32(34)36(45)42-24-28-14-10-9-13-27(28)22-30(42)25-44/h9-18,21,23,30,40,44H,5-8,19-20,22,24-25H2,1-4H3/t30-/m0/s1. The molecule has 1 atom stereocenters. The molecule has 2 amide bonds. The van der Waals surface area contributed by atoms with Gasteiger partial charge in [-0.25, -0.2) is 17.9 Å². The Labute approximate surface area is 299 Å². The molecule has 3 aromatic carbocycles. The molecule has 5 rings (SSSR count). The van der Waals surface area contributed by atoms with Crippen LogP contribution in [0.3, 0.4) is 0 Å². The van der Waals surface area contributed by atoms with Crippen LogP contribution in [0.1, 0.15) is 87.6 Å². The van der Waals surface area contributed by atoms with Crippen molar-refractivity contribution in [2.24, 2.45) is 0 Å². The van der Waals surface area contributed by atoms with Crippen LogP contribution < -0.4 is 4.72 Å². The number of nitrogens with one attached hydrogen (secondary N) is 1. The molecule has 4 aromatic rings. The number of rotatable bonds is 14. The van der Waals surface area contributed by atoms with Gasteiger partial charge in [-0.1, -0.05) is 63.1 Å². The third-order valence-corrected chi connectivity index (χ3v) is 10.5. The Balaban J connectivity index is 1.59. The number of aliphatic hydroxyl groups excluding tert-OH is 1. The number of unbranched alkanes of at least 4 members (excludes halogenated alkanes) is 2. The molecule has 0 fully saturated rings. The van der Waals surface area contributed by atoms with E-state index in [4.69, 9.17) is 4.74 Å². The van der Waals surface area contributed by atoms with Crippen LogP contribution in [-0.4, -0.2) is 83.7 Å². The highest BCUT2D eigenvalue weighted by Gasteiger charge is 2.33. The first-order valence-corrected chi connectivity index (χ1v) is 18.7. The molecule has 0 saturated heterocycles. The van der Waals surface area contributed by atoms with Crippen LogP contribution >= 0.6 is 0 Å². The Morgan fingerprint density at radius 2 is 1.61 bits per heavy atom. The highest BCUT2D eigenvalue weighted by atomic mass is 32.2. The normalized spacial score (nSPS) is 14.1. The fourth-order valence-electron chi connectivity index (χ4n) is 6.29. The van der Waals surface area contributed by atoms with Gasteiger partial charge in [0.15, 0.2) is 5.69 Å². The number of aliphatic hydroxyl groups is 1. The number of fused-ring (bicyclic) bond motifs is 1. The molecule has 2 N–H and O–H groups in total. The van der Waals surface area contributed by atoms with Crippen molar-refractivity contribution < 1.29 is 32.6 Å². The van der Waals surface area contributed by atoms with E-state index in [2.05, 4.69) is 23.7 Å². The molecule has 1 aliphatic heterocycles. The van der Waals surface area contributed by atoms with E-state index >= 15 is 0 Å². The number of ether oxygens (including phenoxy) is 1. The smallest absolute Gasteiger partial charge is 0.339 e. The summed E-state index contributed by atoms with van der Waals surface area (Å²) in [5.74, 6) is -1.47. The third-order valence-electron chi connectivity index (χ3n) is 9.07. The average Bonchev–Trinajstić information content (AvgIpc) is 3.54. The van der Waals surface area contributed by atoms with E-state index in [0.29, 0.717) is 30.9 Å². The molecule has 13 heteroatoms. The van der Waals surface area contributed by atoms with Crippen LogP contribution in [-0.2, 0) is 27.7 Å². The maximum atomic E-state index is 14.6. The predicted molar refractivity (Wildman–Crippen MR) is 194 cm³/mol. The van der Waals surface area contributed by atoms with Crippen LogP contribution in [0, 0.1) is 6.92 Å². The monoisotopic (exact) mass is 715 g/mol. The van der Waals surface area contributed by atoms with E-state index in [1.807, 2.05) is 29.2 Å². The number of hydrogen-bond donors (Lipinski definition) is 2. The van der Waals surface area contributed by atoms with E-state index in [1.165, 1.54) is 48.2 Å². The third kappa shape index (κ3) is 8.15. The van der Waals surface area contributed by atoms with Crippen LogP contribution in [0.25, 0.3) is 5.69 Å². The molecule has 12 nitrogen and oxygen atoms in total. The van der Waals surface area contributed by atoms with E-state index in [-0.39, 0.29) is 46.5 Å². The minimum atomic E-state index is -4.33. The van der Waals surface area contributed by atoms with Gasteiger partial charge in [-0.15, -0.1) is 0 Å². The highest BCUT2D eigenvalue weighted by Crippen LogP contribution is 2.30. The number of carbonyl (C=O) groups excluding carboxylic acids is 3. The summed E-state index contributed by atoms with van der Waals surface area (Å²) in [6, 6.07) is 19.0. The summed E-state index contributed by atoms with van der Waals surface area (Å²) >= 11 is 0. The molecule has 0 aliphatic carbocycles. The van der Waals surface area contributed by atoms with Gasteiger partial charge in [-0.3, -0.25) is 14.3 Å². The number of carbonyl (C=O) groups is 3. The number of nitrogens with zero attached hydrogens (tertiary/aromatic N) is 4.